The lowest BCUT2D eigenvalue weighted by molar-refractivity contribution is -0.387. The van der Waals surface area contributed by atoms with E-state index in [1.165, 1.54) is 10.6 Å². The highest BCUT2D eigenvalue weighted by molar-refractivity contribution is 5.71. The molecule has 0 amide bonds. The lowest BCUT2D eigenvalue weighted by Crippen LogP contribution is -2.41. The number of nitro groups is 1. The zero-order valence-corrected chi connectivity index (χ0v) is 13.8. The molecule has 0 aliphatic rings. The van der Waals surface area contributed by atoms with Gasteiger partial charge in [0.15, 0.2) is 0 Å². The first kappa shape index (κ1) is 17.4. The van der Waals surface area contributed by atoms with Crippen LogP contribution in [0.4, 0.5) is 5.69 Å². The third-order valence-corrected chi connectivity index (χ3v) is 3.55. The van der Waals surface area contributed by atoms with Crippen LogP contribution in [0.15, 0.2) is 22.0 Å². The van der Waals surface area contributed by atoms with E-state index < -0.39 is 21.9 Å². The van der Waals surface area contributed by atoms with E-state index in [9.17, 15) is 19.7 Å². The van der Waals surface area contributed by atoms with Crippen LogP contribution in [-0.2, 0) is 20.1 Å². The molecule has 2 aromatic heterocycles. The summed E-state index contributed by atoms with van der Waals surface area (Å²) in [5, 5.41) is 15.4. The summed E-state index contributed by atoms with van der Waals surface area (Å²) in [6, 6.07) is 0. The summed E-state index contributed by atoms with van der Waals surface area (Å²) in [4.78, 5) is 35.5. The van der Waals surface area contributed by atoms with Gasteiger partial charge >= 0.3 is 16.9 Å². The van der Waals surface area contributed by atoms with Gasteiger partial charge in [-0.3, -0.25) is 28.7 Å². The summed E-state index contributed by atoms with van der Waals surface area (Å²) < 4.78 is 3.74. The normalized spacial score (nSPS) is 11.3. The average Bonchev–Trinajstić information content (AvgIpc) is 2.94. The van der Waals surface area contributed by atoms with Crippen molar-refractivity contribution in [2.24, 2.45) is 7.05 Å². The molecule has 0 spiro atoms. The zero-order chi connectivity index (χ0) is 17.9. The van der Waals surface area contributed by atoms with Gasteiger partial charge in [0.1, 0.15) is 5.69 Å². The van der Waals surface area contributed by atoms with Crippen molar-refractivity contribution in [3.05, 3.63) is 54.6 Å². The van der Waals surface area contributed by atoms with Crippen molar-refractivity contribution in [1.82, 2.24) is 18.9 Å². The molecule has 0 fully saturated rings. The van der Waals surface area contributed by atoms with Crippen LogP contribution in [0.25, 0.3) is 12.2 Å². The Labute approximate surface area is 137 Å². The van der Waals surface area contributed by atoms with Crippen molar-refractivity contribution in [2.75, 3.05) is 0 Å². The lowest BCUT2D eigenvalue weighted by Gasteiger charge is -2.11. The van der Waals surface area contributed by atoms with E-state index in [2.05, 4.69) is 5.10 Å². The van der Waals surface area contributed by atoms with E-state index in [0.717, 1.165) is 4.57 Å². The zero-order valence-electron chi connectivity index (χ0n) is 13.8. The van der Waals surface area contributed by atoms with E-state index >= 15 is 0 Å². The highest BCUT2D eigenvalue weighted by Gasteiger charge is 2.25. The molecule has 0 atom stereocenters. The van der Waals surface area contributed by atoms with Gasteiger partial charge in [-0.1, -0.05) is 6.92 Å². The molecule has 2 aromatic rings. The maximum atomic E-state index is 12.5. The molecule has 0 bridgehead atoms. The van der Waals surface area contributed by atoms with Gasteiger partial charge in [-0.2, -0.15) is 5.10 Å². The number of aryl methyl sites for hydroxylation is 1. The SMILES string of the molecule is CCCn1c(=O)c([N+](=O)[O-])c(C=Cc2cnn(C)c2)n(CC)c1=O. The molecular weight excluding hydrogens is 314 g/mol. The van der Waals surface area contributed by atoms with Crippen molar-refractivity contribution >= 4 is 17.8 Å². The summed E-state index contributed by atoms with van der Waals surface area (Å²) in [7, 11) is 1.74. The van der Waals surface area contributed by atoms with Gasteiger partial charge in [-0.25, -0.2) is 4.79 Å². The minimum Gasteiger partial charge on any atom is -0.288 e. The Kier molecular flexibility index (Phi) is 5.12. The number of hydrogen-bond donors (Lipinski definition) is 0. The fourth-order valence-corrected chi connectivity index (χ4v) is 2.47. The van der Waals surface area contributed by atoms with Crippen LogP contribution in [0.3, 0.4) is 0 Å². The van der Waals surface area contributed by atoms with Gasteiger partial charge in [0, 0.05) is 31.9 Å². The summed E-state index contributed by atoms with van der Waals surface area (Å²) >= 11 is 0. The summed E-state index contributed by atoms with van der Waals surface area (Å²) in [6.45, 7) is 3.86. The molecule has 24 heavy (non-hydrogen) atoms. The fourth-order valence-electron chi connectivity index (χ4n) is 2.47. The largest absolute Gasteiger partial charge is 0.357 e. The third-order valence-electron chi connectivity index (χ3n) is 3.55. The Morgan fingerprint density at radius 1 is 1.25 bits per heavy atom. The molecule has 2 heterocycles. The van der Waals surface area contributed by atoms with Crippen molar-refractivity contribution in [3.8, 4) is 0 Å². The maximum absolute atomic E-state index is 12.5. The molecule has 0 radical (unpaired) electrons. The monoisotopic (exact) mass is 333 g/mol. The van der Waals surface area contributed by atoms with Gasteiger partial charge < -0.3 is 0 Å². The first-order valence-corrected chi connectivity index (χ1v) is 7.59. The van der Waals surface area contributed by atoms with Crippen molar-refractivity contribution in [1.29, 1.82) is 0 Å². The second-order valence-corrected chi connectivity index (χ2v) is 5.26. The molecule has 0 aromatic carbocycles. The molecule has 0 saturated carbocycles. The Bertz CT molecular complexity index is 904. The van der Waals surface area contributed by atoms with Crippen LogP contribution in [0.2, 0.25) is 0 Å². The van der Waals surface area contributed by atoms with E-state index in [4.69, 9.17) is 0 Å². The number of aromatic nitrogens is 4. The fraction of sp³-hybridized carbons (Fsp3) is 0.400. The number of nitrogens with zero attached hydrogens (tertiary/aromatic N) is 5. The van der Waals surface area contributed by atoms with Crippen molar-refractivity contribution in [3.63, 3.8) is 0 Å². The standard InChI is InChI=1S/C15H19N5O4/c1-4-8-19-14(21)13(20(23)24)12(18(5-2)15(19)22)7-6-11-9-16-17(3)10-11/h6-7,9-10H,4-5,8H2,1-3H3. The van der Waals surface area contributed by atoms with Crippen molar-refractivity contribution in [2.45, 2.75) is 33.4 Å². The maximum Gasteiger partial charge on any atom is 0.357 e. The summed E-state index contributed by atoms with van der Waals surface area (Å²) in [6.07, 6.45) is 6.83. The van der Waals surface area contributed by atoms with E-state index in [1.807, 2.05) is 0 Å². The molecule has 2 rings (SSSR count). The average molecular weight is 333 g/mol. The minimum absolute atomic E-state index is 0.00583. The van der Waals surface area contributed by atoms with Crippen molar-refractivity contribution < 1.29 is 4.92 Å². The molecule has 9 heteroatoms. The second-order valence-electron chi connectivity index (χ2n) is 5.26. The van der Waals surface area contributed by atoms with Crippen LogP contribution < -0.4 is 11.2 Å². The molecule has 0 aliphatic carbocycles. The number of hydrogen-bond acceptors (Lipinski definition) is 5. The quantitative estimate of drug-likeness (QED) is 0.584. The molecule has 0 N–H and O–H groups in total. The highest BCUT2D eigenvalue weighted by atomic mass is 16.6. The lowest BCUT2D eigenvalue weighted by atomic mass is 10.2. The molecule has 9 nitrogen and oxygen atoms in total. The first-order chi connectivity index (χ1) is 11.4. The Morgan fingerprint density at radius 3 is 2.46 bits per heavy atom. The van der Waals surface area contributed by atoms with Gasteiger partial charge in [0.2, 0.25) is 0 Å². The van der Waals surface area contributed by atoms with Gasteiger partial charge in [0.05, 0.1) is 11.1 Å². The van der Waals surface area contributed by atoms with Crippen LogP contribution in [0, 0.1) is 10.1 Å². The second kappa shape index (κ2) is 7.07. The van der Waals surface area contributed by atoms with Gasteiger partial charge in [-0.15, -0.1) is 0 Å². The Morgan fingerprint density at radius 2 is 1.96 bits per heavy atom. The highest BCUT2D eigenvalue weighted by Crippen LogP contribution is 2.15. The van der Waals surface area contributed by atoms with E-state index in [0.29, 0.717) is 12.0 Å². The molecule has 0 saturated heterocycles. The summed E-state index contributed by atoms with van der Waals surface area (Å²) in [5.74, 6) is 0. The molecule has 128 valence electrons. The smallest absolute Gasteiger partial charge is 0.288 e. The van der Waals surface area contributed by atoms with Crippen LogP contribution in [0.1, 0.15) is 31.5 Å². The van der Waals surface area contributed by atoms with E-state index in [1.54, 1.807) is 44.0 Å². The van der Waals surface area contributed by atoms with E-state index in [-0.39, 0.29) is 18.8 Å². The predicted octanol–water partition coefficient (Wildman–Crippen LogP) is 1.25. The van der Waals surface area contributed by atoms with Crippen LogP contribution in [0.5, 0.6) is 0 Å². The van der Waals surface area contributed by atoms with Crippen LogP contribution >= 0.6 is 0 Å². The molecule has 0 aliphatic heterocycles. The Balaban J connectivity index is 2.73. The topological polar surface area (TPSA) is 105 Å². The summed E-state index contributed by atoms with van der Waals surface area (Å²) in [5.41, 5.74) is -1.30. The molecular formula is C15H19N5O4. The predicted molar refractivity (Wildman–Crippen MR) is 89.7 cm³/mol. The Hall–Kier alpha value is -2.97. The first-order valence-electron chi connectivity index (χ1n) is 7.59. The minimum atomic E-state index is -0.873. The number of rotatable bonds is 6. The molecule has 0 unspecified atom stereocenters. The van der Waals surface area contributed by atoms with Gasteiger partial charge in [0.25, 0.3) is 0 Å². The van der Waals surface area contributed by atoms with Crippen LogP contribution in [-0.4, -0.2) is 23.8 Å². The third kappa shape index (κ3) is 3.19. The van der Waals surface area contributed by atoms with Gasteiger partial charge in [-0.05, 0) is 25.5 Å².